The van der Waals surface area contributed by atoms with Gasteiger partial charge in [0.1, 0.15) is 5.82 Å². The van der Waals surface area contributed by atoms with Crippen molar-refractivity contribution in [2.45, 2.75) is 6.54 Å². The number of hydrogen-bond acceptors (Lipinski definition) is 6. The Morgan fingerprint density at radius 2 is 1.89 bits per heavy atom. The van der Waals surface area contributed by atoms with Crippen molar-refractivity contribution in [1.82, 2.24) is 19.3 Å². The highest BCUT2D eigenvalue weighted by molar-refractivity contribution is 7.91. The first-order chi connectivity index (χ1) is 13.0. The molecule has 1 aliphatic rings. The zero-order valence-electron chi connectivity index (χ0n) is 14.6. The lowest BCUT2D eigenvalue weighted by Gasteiger charge is -2.25. The Morgan fingerprint density at radius 1 is 1.11 bits per heavy atom. The van der Waals surface area contributed by atoms with E-state index in [1.165, 1.54) is 0 Å². The molecular weight excluding hydrogens is 366 g/mol. The molecule has 4 heterocycles. The molecule has 0 bridgehead atoms. The van der Waals surface area contributed by atoms with E-state index < -0.39 is 9.84 Å². The highest BCUT2D eigenvalue weighted by Crippen LogP contribution is 2.17. The zero-order chi connectivity index (χ0) is 18.9. The zero-order valence-corrected chi connectivity index (χ0v) is 15.4. The number of nitrogens with one attached hydrogen (secondary N) is 1. The van der Waals surface area contributed by atoms with Crippen molar-refractivity contribution in [3.05, 3.63) is 60.3 Å². The minimum Gasteiger partial charge on any atom is -0.304 e. The van der Waals surface area contributed by atoms with Crippen molar-refractivity contribution in [3.63, 3.8) is 0 Å². The molecule has 3 aromatic rings. The van der Waals surface area contributed by atoms with E-state index in [1.54, 1.807) is 35.0 Å². The number of hydrogen-bond donors (Lipinski definition) is 1. The largest absolute Gasteiger partial charge is 0.304 e. The molecule has 1 N–H and O–H groups in total. The van der Waals surface area contributed by atoms with E-state index >= 15 is 0 Å². The van der Waals surface area contributed by atoms with E-state index in [0.29, 0.717) is 25.5 Å². The normalized spacial score (nSPS) is 17.0. The Labute approximate surface area is 156 Å². The van der Waals surface area contributed by atoms with Crippen LogP contribution in [0.25, 0.3) is 5.52 Å². The van der Waals surface area contributed by atoms with Crippen molar-refractivity contribution in [2.75, 3.05) is 29.9 Å². The number of sulfone groups is 1. The lowest BCUT2D eigenvalue weighted by atomic mass is 10.3. The third-order valence-electron chi connectivity index (χ3n) is 4.54. The van der Waals surface area contributed by atoms with E-state index in [9.17, 15) is 13.2 Å². The van der Waals surface area contributed by atoms with Crippen LogP contribution in [0, 0.1) is 0 Å². The van der Waals surface area contributed by atoms with Crippen LogP contribution >= 0.6 is 0 Å². The molecule has 0 aliphatic carbocycles. The maximum absolute atomic E-state index is 12.7. The van der Waals surface area contributed by atoms with Crippen LogP contribution in [0.15, 0.2) is 48.8 Å². The van der Waals surface area contributed by atoms with Crippen LogP contribution in [0.5, 0.6) is 0 Å². The van der Waals surface area contributed by atoms with Crippen molar-refractivity contribution in [1.29, 1.82) is 0 Å². The molecule has 0 radical (unpaired) electrons. The molecule has 3 aromatic heterocycles. The number of carbonyl (C=O) groups excluding carboxylic acids is 1. The van der Waals surface area contributed by atoms with Gasteiger partial charge in [-0.15, -0.1) is 0 Å². The van der Waals surface area contributed by atoms with Crippen molar-refractivity contribution >= 4 is 27.1 Å². The molecule has 0 saturated carbocycles. The average Bonchev–Trinajstić information content (AvgIpc) is 3.03. The van der Waals surface area contributed by atoms with Gasteiger partial charge in [0.05, 0.1) is 22.7 Å². The molecule has 8 nitrogen and oxygen atoms in total. The fourth-order valence-electron chi connectivity index (χ4n) is 3.11. The number of anilines is 1. The second kappa shape index (κ2) is 7.09. The van der Waals surface area contributed by atoms with E-state index in [2.05, 4.69) is 20.2 Å². The van der Waals surface area contributed by atoms with Gasteiger partial charge in [0.15, 0.2) is 9.84 Å². The van der Waals surface area contributed by atoms with Crippen LogP contribution < -0.4 is 5.32 Å². The molecule has 0 atom stereocenters. The number of nitrogens with zero attached hydrogens (tertiary/aromatic N) is 4. The maximum atomic E-state index is 12.7. The minimum atomic E-state index is -2.93. The van der Waals surface area contributed by atoms with Crippen LogP contribution in [-0.2, 0) is 16.4 Å². The number of imidazole rings is 1. The first-order valence-corrected chi connectivity index (χ1v) is 10.5. The van der Waals surface area contributed by atoms with Gasteiger partial charge in [0.25, 0.3) is 5.91 Å². The van der Waals surface area contributed by atoms with E-state index in [4.69, 9.17) is 0 Å². The Balaban J connectivity index is 1.60. The molecule has 1 saturated heterocycles. The second-order valence-corrected chi connectivity index (χ2v) is 8.74. The summed E-state index contributed by atoms with van der Waals surface area (Å²) in [6.45, 7) is 1.45. The SMILES string of the molecule is O=C(Nc1ccccn1)c1nc(CN2CCS(=O)(=O)CC2)c2ccccn12. The van der Waals surface area contributed by atoms with Crippen molar-refractivity contribution in [2.24, 2.45) is 0 Å². The Kier molecular flexibility index (Phi) is 4.63. The fraction of sp³-hybridized carbons (Fsp3) is 0.278. The van der Waals surface area contributed by atoms with Gasteiger partial charge in [-0.2, -0.15) is 0 Å². The number of carbonyl (C=O) groups is 1. The van der Waals surface area contributed by atoms with Gasteiger partial charge in [0.2, 0.25) is 5.82 Å². The van der Waals surface area contributed by atoms with Gasteiger partial charge >= 0.3 is 0 Å². The number of amides is 1. The highest BCUT2D eigenvalue weighted by Gasteiger charge is 2.24. The first-order valence-electron chi connectivity index (χ1n) is 8.63. The Bertz CT molecular complexity index is 1060. The molecule has 1 aliphatic heterocycles. The lowest BCUT2D eigenvalue weighted by Crippen LogP contribution is -2.39. The summed E-state index contributed by atoms with van der Waals surface area (Å²) in [5, 5.41) is 2.75. The van der Waals surface area contributed by atoms with Gasteiger partial charge in [-0.1, -0.05) is 12.1 Å². The molecule has 140 valence electrons. The van der Waals surface area contributed by atoms with Crippen LogP contribution in [-0.4, -0.2) is 58.2 Å². The van der Waals surface area contributed by atoms with Crippen molar-refractivity contribution < 1.29 is 13.2 Å². The Hall–Kier alpha value is -2.78. The third kappa shape index (κ3) is 3.83. The van der Waals surface area contributed by atoms with Gasteiger partial charge < -0.3 is 5.32 Å². The van der Waals surface area contributed by atoms with E-state index in [-0.39, 0.29) is 23.2 Å². The van der Waals surface area contributed by atoms with Crippen LogP contribution in [0.1, 0.15) is 16.3 Å². The smallest absolute Gasteiger partial charge is 0.293 e. The van der Waals surface area contributed by atoms with E-state index in [0.717, 1.165) is 11.2 Å². The summed E-state index contributed by atoms with van der Waals surface area (Å²) in [4.78, 5) is 23.4. The molecule has 0 aromatic carbocycles. The summed E-state index contributed by atoms with van der Waals surface area (Å²) in [7, 11) is -2.93. The number of pyridine rings is 2. The van der Waals surface area contributed by atoms with Gasteiger partial charge in [-0.3, -0.25) is 14.1 Å². The summed E-state index contributed by atoms with van der Waals surface area (Å²) in [5.74, 6) is 0.702. The summed E-state index contributed by atoms with van der Waals surface area (Å²) in [5.41, 5.74) is 1.58. The number of rotatable bonds is 4. The summed E-state index contributed by atoms with van der Waals surface area (Å²) < 4.78 is 25.0. The molecule has 4 rings (SSSR count). The molecule has 0 unspecified atom stereocenters. The monoisotopic (exact) mass is 385 g/mol. The van der Waals surface area contributed by atoms with Crippen LogP contribution in [0.3, 0.4) is 0 Å². The van der Waals surface area contributed by atoms with E-state index in [1.807, 2.05) is 18.2 Å². The highest BCUT2D eigenvalue weighted by atomic mass is 32.2. The minimum absolute atomic E-state index is 0.159. The maximum Gasteiger partial charge on any atom is 0.293 e. The van der Waals surface area contributed by atoms with Crippen LogP contribution in [0.4, 0.5) is 5.82 Å². The van der Waals surface area contributed by atoms with Gasteiger partial charge in [-0.25, -0.2) is 18.4 Å². The topological polar surface area (TPSA) is 96.7 Å². The molecule has 1 amide bonds. The third-order valence-corrected chi connectivity index (χ3v) is 6.15. The van der Waals surface area contributed by atoms with Gasteiger partial charge in [0, 0.05) is 32.0 Å². The molecule has 0 spiro atoms. The molecule has 27 heavy (non-hydrogen) atoms. The number of fused-ring (bicyclic) bond motifs is 1. The second-order valence-electron chi connectivity index (χ2n) is 6.44. The van der Waals surface area contributed by atoms with Crippen LogP contribution in [0.2, 0.25) is 0 Å². The molecular formula is C18H19N5O3S. The fourth-order valence-corrected chi connectivity index (χ4v) is 4.38. The van der Waals surface area contributed by atoms with Gasteiger partial charge in [-0.05, 0) is 24.3 Å². The lowest BCUT2D eigenvalue weighted by molar-refractivity contribution is 0.101. The molecule has 1 fully saturated rings. The molecule has 9 heteroatoms. The van der Waals surface area contributed by atoms with Crippen molar-refractivity contribution in [3.8, 4) is 0 Å². The quantitative estimate of drug-likeness (QED) is 0.725. The summed E-state index contributed by atoms with van der Waals surface area (Å²) >= 11 is 0. The predicted octanol–water partition coefficient (Wildman–Crippen LogP) is 1.21. The summed E-state index contributed by atoms with van der Waals surface area (Å²) in [6, 6.07) is 10.9. The average molecular weight is 385 g/mol. The number of aromatic nitrogens is 3. The predicted molar refractivity (Wildman–Crippen MR) is 101 cm³/mol. The summed E-state index contributed by atoms with van der Waals surface area (Å²) in [6.07, 6.45) is 3.40. The standard InChI is InChI=1S/C18H19N5O3S/c24-18(21-16-6-1-3-7-19-16)17-20-14(15-5-2-4-8-23(15)17)13-22-9-11-27(25,26)12-10-22/h1-8H,9-13H2,(H,19,21,24). The Morgan fingerprint density at radius 3 is 2.63 bits per heavy atom. The first kappa shape index (κ1) is 17.6.